The molecule has 0 aromatic carbocycles. The molecule has 0 aliphatic heterocycles. The van der Waals surface area contributed by atoms with E-state index in [1.165, 1.54) is 13.1 Å². The SMILES string of the molecule is CC(=O)c1c(C)[nH]cc(C(=O)NC2=CCCC=C2)c1=O. The summed E-state index contributed by atoms with van der Waals surface area (Å²) in [7, 11) is 0. The van der Waals surface area contributed by atoms with E-state index in [1.54, 1.807) is 13.0 Å². The smallest absolute Gasteiger partial charge is 0.261 e. The third-order valence-electron chi connectivity index (χ3n) is 3.13. The van der Waals surface area contributed by atoms with Gasteiger partial charge in [0.1, 0.15) is 5.56 Å². The molecular formula is C15H16N2O3. The highest BCUT2D eigenvalue weighted by Crippen LogP contribution is 2.08. The summed E-state index contributed by atoms with van der Waals surface area (Å²) in [5.74, 6) is -0.860. The largest absolute Gasteiger partial charge is 0.364 e. The van der Waals surface area contributed by atoms with Gasteiger partial charge in [-0.2, -0.15) is 0 Å². The van der Waals surface area contributed by atoms with Crippen molar-refractivity contribution in [1.82, 2.24) is 10.3 Å². The topological polar surface area (TPSA) is 79.0 Å². The van der Waals surface area contributed by atoms with E-state index in [1.807, 2.05) is 12.2 Å². The van der Waals surface area contributed by atoms with Gasteiger partial charge in [-0.05, 0) is 32.8 Å². The molecule has 1 aliphatic carbocycles. The lowest BCUT2D eigenvalue weighted by Crippen LogP contribution is -2.31. The van der Waals surface area contributed by atoms with Crippen LogP contribution in [0.5, 0.6) is 0 Å². The minimum atomic E-state index is -0.536. The van der Waals surface area contributed by atoms with Crippen molar-refractivity contribution in [2.45, 2.75) is 26.7 Å². The molecule has 0 fully saturated rings. The zero-order valence-electron chi connectivity index (χ0n) is 11.4. The zero-order chi connectivity index (χ0) is 14.7. The number of amides is 1. The van der Waals surface area contributed by atoms with Crippen molar-refractivity contribution in [2.75, 3.05) is 0 Å². The minimum absolute atomic E-state index is 0.0332. The number of carbonyl (C=O) groups is 2. The van der Waals surface area contributed by atoms with Crippen LogP contribution in [0.4, 0.5) is 0 Å². The zero-order valence-corrected chi connectivity index (χ0v) is 11.4. The number of aryl methyl sites for hydroxylation is 1. The molecular weight excluding hydrogens is 256 g/mol. The predicted molar refractivity (Wildman–Crippen MR) is 75.7 cm³/mol. The molecule has 1 aromatic heterocycles. The maximum atomic E-state index is 12.2. The van der Waals surface area contributed by atoms with Gasteiger partial charge in [0, 0.05) is 17.6 Å². The molecule has 0 bridgehead atoms. The minimum Gasteiger partial charge on any atom is -0.364 e. The van der Waals surface area contributed by atoms with Crippen LogP contribution < -0.4 is 10.7 Å². The van der Waals surface area contributed by atoms with Gasteiger partial charge < -0.3 is 10.3 Å². The van der Waals surface area contributed by atoms with E-state index in [9.17, 15) is 14.4 Å². The molecule has 0 unspecified atom stereocenters. The third-order valence-corrected chi connectivity index (χ3v) is 3.13. The summed E-state index contributed by atoms with van der Waals surface area (Å²) >= 11 is 0. The number of allylic oxidation sites excluding steroid dienone is 3. The maximum Gasteiger partial charge on any atom is 0.261 e. The van der Waals surface area contributed by atoms with E-state index in [4.69, 9.17) is 0 Å². The molecule has 2 N–H and O–H groups in total. The van der Waals surface area contributed by atoms with Crippen molar-refractivity contribution in [3.05, 3.63) is 57.2 Å². The summed E-state index contributed by atoms with van der Waals surface area (Å²) in [6.07, 6.45) is 8.79. The third kappa shape index (κ3) is 2.77. The van der Waals surface area contributed by atoms with E-state index in [0.29, 0.717) is 11.4 Å². The van der Waals surface area contributed by atoms with E-state index in [2.05, 4.69) is 10.3 Å². The number of rotatable bonds is 3. The molecule has 104 valence electrons. The average molecular weight is 272 g/mol. The standard InChI is InChI=1S/C15H16N2O3/c1-9-13(10(2)18)14(19)12(8-16-9)15(20)17-11-6-4-3-5-7-11/h4,6-8H,3,5H2,1-2H3,(H,16,19)(H,17,20). The number of pyridine rings is 1. The van der Waals surface area contributed by atoms with Gasteiger partial charge in [0.15, 0.2) is 5.78 Å². The molecule has 1 aliphatic rings. The second-order valence-corrected chi connectivity index (χ2v) is 4.68. The van der Waals surface area contributed by atoms with Crippen molar-refractivity contribution in [2.24, 2.45) is 0 Å². The van der Waals surface area contributed by atoms with Crippen molar-refractivity contribution in [3.8, 4) is 0 Å². The average Bonchev–Trinajstić information content (AvgIpc) is 2.39. The Labute approximate surface area is 116 Å². The van der Waals surface area contributed by atoms with Crippen LogP contribution in [-0.4, -0.2) is 16.7 Å². The lowest BCUT2D eigenvalue weighted by molar-refractivity contribution is 0.0965. The first kappa shape index (κ1) is 14.0. The summed E-state index contributed by atoms with van der Waals surface area (Å²) in [5, 5.41) is 2.67. The first-order valence-electron chi connectivity index (χ1n) is 6.42. The van der Waals surface area contributed by atoms with Crippen LogP contribution in [0, 0.1) is 6.92 Å². The highest BCUT2D eigenvalue weighted by molar-refractivity contribution is 6.00. The quantitative estimate of drug-likeness (QED) is 0.824. The van der Waals surface area contributed by atoms with Crippen LogP contribution in [0.15, 0.2) is 34.9 Å². The Morgan fingerprint density at radius 3 is 2.65 bits per heavy atom. The molecule has 1 amide bonds. The Balaban J connectivity index is 2.34. The number of carbonyl (C=O) groups excluding carboxylic acids is 2. The van der Waals surface area contributed by atoms with Gasteiger partial charge in [-0.3, -0.25) is 14.4 Å². The number of aromatic nitrogens is 1. The Morgan fingerprint density at radius 1 is 1.30 bits per heavy atom. The second kappa shape index (κ2) is 5.69. The van der Waals surface area contributed by atoms with Crippen LogP contribution in [0.25, 0.3) is 0 Å². The van der Waals surface area contributed by atoms with Crippen molar-refractivity contribution in [1.29, 1.82) is 0 Å². The lowest BCUT2D eigenvalue weighted by Gasteiger charge is -2.10. The highest BCUT2D eigenvalue weighted by Gasteiger charge is 2.18. The van der Waals surface area contributed by atoms with Gasteiger partial charge >= 0.3 is 0 Å². The molecule has 0 radical (unpaired) electrons. The van der Waals surface area contributed by atoms with Crippen LogP contribution in [0.1, 0.15) is 46.2 Å². The number of Topliss-reactive ketones (excluding diaryl/α,β-unsaturated/α-hetero) is 1. The Hall–Kier alpha value is -2.43. The molecule has 0 atom stereocenters. The Bertz CT molecular complexity index is 681. The van der Waals surface area contributed by atoms with Crippen LogP contribution in [-0.2, 0) is 0 Å². The molecule has 5 nitrogen and oxygen atoms in total. The van der Waals surface area contributed by atoms with Gasteiger partial charge in [0.05, 0.1) is 5.56 Å². The predicted octanol–water partition coefficient (Wildman–Crippen LogP) is 1.85. The normalized spacial score (nSPS) is 13.8. The molecule has 0 saturated carbocycles. The summed E-state index contributed by atoms with van der Waals surface area (Å²) in [6, 6.07) is 0. The maximum absolute atomic E-state index is 12.2. The highest BCUT2D eigenvalue weighted by atomic mass is 16.2. The molecule has 2 rings (SSSR count). The van der Waals surface area contributed by atoms with Gasteiger partial charge in [-0.25, -0.2) is 0 Å². The van der Waals surface area contributed by atoms with Gasteiger partial charge in [0.25, 0.3) is 5.91 Å². The van der Waals surface area contributed by atoms with Gasteiger partial charge in [0.2, 0.25) is 5.43 Å². The first-order chi connectivity index (χ1) is 9.50. The molecule has 0 saturated heterocycles. The fourth-order valence-corrected chi connectivity index (χ4v) is 2.12. The molecule has 5 heteroatoms. The summed E-state index contributed by atoms with van der Waals surface area (Å²) in [4.78, 5) is 38.5. The summed E-state index contributed by atoms with van der Waals surface area (Å²) in [6.45, 7) is 2.94. The number of ketones is 1. The van der Waals surface area contributed by atoms with Gasteiger partial charge in [-0.1, -0.05) is 12.2 Å². The number of hydrogen-bond acceptors (Lipinski definition) is 3. The fourth-order valence-electron chi connectivity index (χ4n) is 2.12. The van der Waals surface area contributed by atoms with Crippen LogP contribution in [0.2, 0.25) is 0 Å². The van der Waals surface area contributed by atoms with Crippen molar-refractivity contribution >= 4 is 11.7 Å². The first-order valence-corrected chi connectivity index (χ1v) is 6.42. The van der Waals surface area contributed by atoms with Crippen LogP contribution >= 0.6 is 0 Å². The lowest BCUT2D eigenvalue weighted by atomic mass is 10.1. The molecule has 1 heterocycles. The van der Waals surface area contributed by atoms with Crippen LogP contribution in [0.3, 0.4) is 0 Å². The van der Waals surface area contributed by atoms with E-state index < -0.39 is 11.3 Å². The molecule has 1 aromatic rings. The van der Waals surface area contributed by atoms with E-state index >= 15 is 0 Å². The monoisotopic (exact) mass is 272 g/mol. The second-order valence-electron chi connectivity index (χ2n) is 4.68. The number of H-pyrrole nitrogens is 1. The summed E-state index contributed by atoms with van der Waals surface area (Å²) in [5.41, 5.74) is 0.583. The molecule has 20 heavy (non-hydrogen) atoms. The number of aromatic amines is 1. The number of hydrogen-bond donors (Lipinski definition) is 2. The van der Waals surface area contributed by atoms with Crippen molar-refractivity contribution < 1.29 is 9.59 Å². The van der Waals surface area contributed by atoms with E-state index in [-0.39, 0.29) is 16.9 Å². The Kier molecular flexibility index (Phi) is 3.98. The summed E-state index contributed by atoms with van der Waals surface area (Å²) < 4.78 is 0. The fraction of sp³-hybridized carbons (Fsp3) is 0.267. The van der Waals surface area contributed by atoms with Gasteiger partial charge in [-0.15, -0.1) is 0 Å². The van der Waals surface area contributed by atoms with E-state index in [0.717, 1.165) is 12.8 Å². The van der Waals surface area contributed by atoms with Crippen molar-refractivity contribution in [3.63, 3.8) is 0 Å². The molecule has 0 spiro atoms. The number of nitrogens with one attached hydrogen (secondary N) is 2. The Morgan fingerprint density at radius 2 is 2.05 bits per heavy atom.